The lowest BCUT2D eigenvalue weighted by Crippen LogP contribution is -2.38. The van der Waals surface area contributed by atoms with Crippen molar-refractivity contribution in [3.05, 3.63) is 30.1 Å². The molecular formula is C14H24N4S. The van der Waals surface area contributed by atoms with Gasteiger partial charge in [0.05, 0.1) is 0 Å². The molecule has 1 heterocycles. The Morgan fingerprint density at radius 3 is 2.84 bits per heavy atom. The van der Waals surface area contributed by atoms with E-state index in [2.05, 4.69) is 32.9 Å². The van der Waals surface area contributed by atoms with Crippen LogP contribution in [0.25, 0.3) is 0 Å². The Balaban J connectivity index is 2.12. The smallest absolute Gasteiger partial charge is 0.190 e. The molecule has 0 aliphatic rings. The largest absolute Gasteiger partial charge is 0.356 e. The Kier molecular flexibility index (Phi) is 8.89. The maximum atomic E-state index is 4.21. The minimum Gasteiger partial charge on any atom is -0.356 e. The molecule has 0 amide bonds. The average Bonchev–Trinajstić information content (AvgIpc) is 2.46. The van der Waals surface area contributed by atoms with Gasteiger partial charge in [-0.3, -0.25) is 9.98 Å². The molecule has 0 saturated carbocycles. The van der Waals surface area contributed by atoms with Crippen molar-refractivity contribution in [3.8, 4) is 0 Å². The summed E-state index contributed by atoms with van der Waals surface area (Å²) in [7, 11) is 1.81. The monoisotopic (exact) mass is 280 g/mol. The first-order valence-corrected chi connectivity index (χ1v) is 8.08. The van der Waals surface area contributed by atoms with Crippen LogP contribution in [0.3, 0.4) is 0 Å². The lowest BCUT2D eigenvalue weighted by Gasteiger charge is -2.11. The van der Waals surface area contributed by atoms with Gasteiger partial charge in [0.2, 0.25) is 0 Å². The molecule has 0 aromatic carbocycles. The number of hydrogen-bond donors (Lipinski definition) is 2. The van der Waals surface area contributed by atoms with Crippen molar-refractivity contribution in [3.63, 3.8) is 0 Å². The van der Waals surface area contributed by atoms with Gasteiger partial charge < -0.3 is 10.6 Å². The van der Waals surface area contributed by atoms with Crippen LogP contribution in [0.2, 0.25) is 0 Å². The first-order valence-electron chi connectivity index (χ1n) is 6.69. The van der Waals surface area contributed by atoms with E-state index in [-0.39, 0.29) is 0 Å². The third-order valence-corrected chi connectivity index (χ3v) is 3.42. The van der Waals surface area contributed by atoms with Gasteiger partial charge in [0.1, 0.15) is 0 Å². The van der Waals surface area contributed by atoms with Gasteiger partial charge in [-0.2, -0.15) is 11.8 Å². The number of nitrogens with zero attached hydrogens (tertiary/aromatic N) is 2. The number of unbranched alkanes of at least 4 members (excludes halogenated alkanes) is 1. The second-order valence-electron chi connectivity index (χ2n) is 4.24. The third kappa shape index (κ3) is 7.72. The standard InChI is InChI=1S/C14H24N4S/c1-15-14(17-9-3-4-11-19-2)18-10-7-13-6-5-8-16-12-13/h5-6,8,12H,3-4,7,9-11H2,1-2H3,(H2,15,17,18). The Hall–Kier alpha value is -1.23. The number of thioether (sulfide) groups is 1. The highest BCUT2D eigenvalue weighted by atomic mass is 32.2. The minimum atomic E-state index is 0.871. The highest BCUT2D eigenvalue weighted by Gasteiger charge is 1.97. The molecule has 0 aliphatic heterocycles. The molecule has 106 valence electrons. The van der Waals surface area contributed by atoms with Gasteiger partial charge in [0, 0.05) is 32.5 Å². The summed E-state index contributed by atoms with van der Waals surface area (Å²) in [4.78, 5) is 8.32. The minimum absolute atomic E-state index is 0.871. The Morgan fingerprint density at radius 2 is 2.16 bits per heavy atom. The summed E-state index contributed by atoms with van der Waals surface area (Å²) >= 11 is 1.90. The molecule has 0 radical (unpaired) electrons. The van der Waals surface area contributed by atoms with Crippen LogP contribution in [0.1, 0.15) is 18.4 Å². The van der Waals surface area contributed by atoms with Crippen LogP contribution in [0, 0.1) is 0 Å². The van der Waals surface area contributed by atoms with Crippen LogP contribution >= 0.6 is 11.8 Å². The maximum absolute atomic E-state index is 4.21. The van der Waals surface area contributed by atoms with E-state index in [9.17, 15) is 0 Å². The van der Waals surface area contributed by atoms with Gasteiger partial charge in [-0.05, 0) is 42.9 Å². The highest BCUT2D eigenvalue weighted by Crippen LogP contribution is 1.98. The fourth-order valence-electron chi connectivity index (χ4n) is 1.67. The van der Waals surface area contributed by atoms with Gasteiger partial charge in [0.15, 0.2) is 5.96 Å². The zero-order chi connectivity index (χ0) is 13.8. The van der Waals surface area contributed by atoms with E-state index in [1.807, 2.05) is 24.0 Å². The van der Waals surface area contributed by atoms with Gasteiger partial charge in [0.25, 0.3) is 0 Å². The Labute approximate surface area is 120 Å². The molecule has 0 fully saturated rings. The fraction of sp³-hybridized carbons (Fsp3) is 0.571. The van der Waals surface area contributed by atoms with Crippen LogP contribution in [0.4, 0.5) is 0 Å². The zero-order valence-electron chi connectivity index (χ0n) is 11.9. The molecule has 0 saturated heterocycles. The molecule has 5 heteroatoms. The first-order chi connectivity index (χ1) is 9.36. The number of guanidine groups is 1. The summed E-state index contributed by atoms with van der Waals surface area (Å²) < 4.78 is 0. The van der Waals surface area contributed by atoms with E-state index in [1.54, 1.807) is 13.2 Å². The molecule has 4 nitrogen and oxygen atoms in total. The predicted molar refractivity (Wildman–Crippen MR) is 84.9 cm³/mol. The van der Waals surface area contributed by atoms with E-state index in [0.717, 1.165) is 25.5 Å². The number of pyridine rings is 1. The summed E-state index contributed by atoms with van der Waals surface area (Å²) in [6.45, 7) is 1.85. The van der Waals surface area contributed by atoms with Crippen molar-refractivity contribution in [1.29, 1.82) is 0 Å². The molecular weight excluding hydrogens is 256 g/mol. The summed E-state index contributed by atoms with van der Waals surface area (Å²) in [5.41, 5.74) is 1.24. The van der Waals surface area contributed by atoms with Crippen molar-refractivity contribution in [1.82, 2.24) is 15.6 Å². The topological polar surface area (TPSA) is 49.3 Å². The van der Waals surface area contributed by atoms with Crippen molar-refractivity contribution in [2.75, 3.05) is 32.1 Å². The fourth-order valence-corrected chi connectivity index (χ4v) is 2.16. The van der Waals surface area contributed by atoms with Crippen LogP contribution < -0.4 is 10.6 Å². The Morgan fingerprint density at radius 1 is 1.32 bits per heavy atom. The molecule has 2 N–H and O–H groups in total. The Bertz CT molecular complexity index is 354. The van der Waals surface area contributed by atoms with Crippen LogP contribution in [0.15, 0.2) is 29.5 Å². The van der Waals surface area contributed by atoms with E-state index >= 15 is 0 Å². The van der Waals surface area contributed by atoms with Crippen LogP contribution in [-0.2, 0) is 6.42 Å². The number of aromatic nitrogens is 1. The average molecular weight is 280 g/mol. The lowest BCUT2D eigenvalue weighted by molar-refractivity contribution is 0.730. The van der Waals surface area contributed by atoms with E-state index in [0.29, 0.717) is 0 Å². The second-order valence-corrected chi connectivity index (χ2v) is 5.22. The van der Waals surface area contributed by atoms with E-state index < -0.39 is 0 Å². The molecule has 0 unspecified atom stereocenters. The van der Waals surface area contributed by atoms with Crippen molar-refractivity contribution in [2.24, 2.45) is 4.99 Å². The third-order valence-electron chi connectivity index (χ3n) is 2.72. The summed E-state index contributed by atoms with van der Waals surface area (Å²) in [5, 5.41) is 6.64. The second kappa shape index (κ2) is 10.7. The summed E-state index contributed by atoms with van der Waals surface area (Å²) in [6.07, 6.45) is 9.24. The molecule has 0 aliphatic carbocycles. The summed E-state index contributed by atoms with van der Waals surface area (Å²) in [5.74, 6) is 2.11. The number of hydrogen-bond acceptors (Lipinski definition) is 3. The normalized spacial score (nSPS) is 11.4. The van der Waals surface area contributed by atoms with Gasteiger partial charge in [-0.25, -0.2) is 0 Å². The van der Waals surface area contributed by atoms with E-state index in [1.165, 1.54) is 24.2 Å². The molecule has 1 aromatic heterocycles. The number of rotatable bonds is 8. The number of nitrogens with one attached hydrogen (secondary N) is 2. The number of aliphatic imine (C=N–C) groups is 1. The first kappa shape index (κ1) is 15.8. The summed E-state index contributed by atoms with van der Waals surface area (Å²) in [6, 6.07) is 4.06. The molecule has 0 atom stereocenters. The molecule has 1 rings (SSSR count). The van der Waals surface area contributed by atoms with Crippen LogP contribution in [-0.4, -0.2) is 43.1 Å². The van der Waals surface area contributed by atoms with Crippen LogP contribution in [0.5, 0.6) is 0 Å². The van der Waals surface area contributed by atoms with Crippen molar-refractivity contribution < 1.29 is 0 Å². The highest BCUT2D eigenvalue weighted by molar-refractivity contribution is 7.98. The van der Waals surface area contributed by atoms with Gasteiger partial charge >= 0.3 is 0 Å². The lowest BCUT2D eigenvalue weighted by atomic mass is 10.2. The maximum Gasteiger partial charge on any atom is 0.190 e. The van der Waals surface area contributed by atoms with Gasteiger partial charge in [-0.15, -0.1) is 0 Å². The quantitative estimate of drug-likeness (QED) is 0.434. The molecule has 19 heavy (non-hydrogen) atoms. The SMILES string of the molecule is CN=C(NCCCCSC)NCCc1cccnc1. The van der Waals surface area contributed by atoms with Gasteiger partial charge in [-0.1, -0.05) is 6.07 Å². The molecule has 0 bridgehead atoms. The van der Waals surface area contributed by atoms with Crippen molar-refractivity contribution in [2.45, 2.75) is 19.3 Å². The molecule has 1 aromatic rings. The van der Waals surface area contributed by atoms with Crippen molar-refractivity contribution >= 4 is 17.7 Å². The molecule has 0 spiro atoms. The predicted octanol–water partition coefficient (Wildman–Crippen LogP) is 1.93. The van der Waals surface area contributed by atoms with E-state index in [4.69, 9.17) is 0 Å². The zero-order valence-corrected chi connectivity index (χ0v) is 12.7.